The summed E-state index contributed by atoms with van der Waals surface area (Å²) in [5.41, 5.74) is 1.79. The van der Waals surface area contributed by atoms with Crippen LogP contribution in [-0.2, 0) is 23.0 Å². The van der Waals surface area contributed by atoms with Crippen molar-refractivity contribution in [3.63, 3.8) is 0 Å². The zero-order valence-electron chi connectivity index (χ0n) is 13.9. The van der Waals surface area contributed by atoms with E-state index in [1.54, 1.807) is 25.2 Å². The van der Waals surface area contributed by atoms with E-state index in [-0.39, 0.29) is 10.7 Å². The summed E-state index contributed by atoms with van der Waals surface area (Å²) in [6.45, 7) is 1.08. The van der Waals surface area contributed by atoms with Gasteiger partial charge in [-0.2, -0.15) is 0 Å². The third-order valence-corrected chi connectivity index (χ3v) is 4.46. The predicted molar refractivity (Wildman–Crippen MR) is 96.1 cm³/mol. The molecule has 2 aromatic rings. The Kier molecular flexibility index (Phi) is 6.49. The highest BCUT2D eigenvalue weighted by Crippen LogP contribution is 2.08. The molecule has 0 spiro atoms. The van der Waals surface area contributed by atoms with Gasteiger partial charge in [-0.1, -0.05) is 24.3 Å². The summed E-state index contributed by atoms with van der Waals surface area (Å²) in [7, 11) is -2.03. The first-order valence-electron chi connectivity index (χ1n) is 7.69. The van der Waals surface area contributed by atoms with E-state index in [2.05, 4.69) is 15.6 Å². The third-order valence-electron chi connectivity index (χ3n) is 3.53. The van der Waals surface area contributed by atoms with E-state index < -0.39 is 10.0 Å². The van der Waals surface area contributed by atoms with Gasteiger partial charge in [-0.3, -0.25) is 4.99 Å². The Morgan fingerprint density at radius 1 is 1.12 bits per heavy atom. The topological polar surface area (TPSA) is 96.6 Å². The fraction of sp³-hybridized carbons (Fsp3) is 0.235. The second-order valence-electron chi connectivity index (χ2n) is 5.42. The third kappa shape index (κ3) is 6.17. The SMILES string of the molecule is CN=C(NCCc1cccc(F)c1)NCc1ccc(S(N)(=O)=O)cc1. The average Bonchev–Trinajstić information content (AvgIpc) is 2.57. The van der Waals surface area contributed by atoms with Crippen LogP contribution in [0.25, 0.3) is 0 Å². The molecule has 25 heavy (non-hydrogen) atoms. The number of nitrogens with zero attached hydrogens (tertiary/aromatic N) is 1. The van der Waals surface area contributed by atoms with Crippen molar-refractivity contribution in [3.8, 4) is 0 Å². The van der Waals surface area contributed by atoms with Gasteiger partial charge >= 0.3 is 0 Å². The molecule has 0 heterocycles. The molecule has 0 aromatic heterocycles. The van der Waals surface area contributed by atoms with Crippen LogP contribution in [-0.4, -0.2) is 28.0 Å². The first-order chi connectivity index (χ1) is 11.9. The summed E-state index contributed by atoms with van der Waals surface area (Å²) < 4.78 is 35.6. The van der Waals surface area contributed by atoms with Crippen LogP contribution in [0, 0.1) is 5.82 Å². The minimum atomic E-state index is -3.68. The lowest BCUT2D eigenvalue weighted by atomic mass is 10.1. The monoisotopic (exact) mass is 364 g/mol. The van der Waals surface area contributed by atoms with Crippen LogP contribution in [0.15, 0.2) is 58.4 Å². The number of rotatable bonds is 6. The van der Waals surface area contributed by atoms with Gasteiger partial charge in [-0.25, -0.2) is 17.9 Å². The number of hydrogen-bond acceptors (Lipinski definition) is 3. The standard InChI is InChI=1S/C17H21FN4O2S/c1-20-17(21-10-9-13-3-2-4-15(18)11-13)22-12-14-5-7-16(8-6-14)25(19,23)24/h2-8,11H,9-10,12H2,1H3,(H2,19,23,24)(H2,20,21,22). The first kappa shape index (κ1) is 18.9. The van der Waals surface area contributed by atoms with Gasteiger partial charge in [0.25, 0.3) is 0 Å². The molecule has 0 saturated carbocycles. The van der Waals surface area contributed by atoms with E-state index in [9.17, 15) is 12.8 Å². The largest absolute Gasteiger partial charge is 0.356 e. The number of hydrogen-bond donors (Lipinski definition) is 3. The molecule has 0 radical (unpaired) electrons. The number of sulfonamides is 1. The molecule has 0 atom stereocenters. The highest BCUT2D eigenvalue weighted by molar-refractivity contribution is 7.89. The molecule has 4 N–H and O–H groups in total. The maximum Gasteiger partial charge on any atom is 0.238 e. The van der Waals surface area contributed by atoms with E-state index in [4.69, 9.17) is 5.14 Å². The predicted octanol–water partition coefficient (Wildman–Crippen LogP) is 1.38. The number of guanidine groups is 1. The molecule has 0 fully saturated rings. The van der Waals surface area contributed by atoms with Gasteiger partial charge in [0, 0.05) is 20.1 Å². The molecule has 0 aliphatic heterocycles. The molecule has 134 valence electrons. The lowest BCUT2D eigenvalue weighted by molar-refractivity contribution is 0.597. The minimum Gasteiger partial charge on any atom is -0.356 e. The highest BCUT2D eigenvalue weighted by Gasteiger charge is 2.07. The molecule has 0 aliphatic rings. The van der Waals surface area contributed by atoms with E-state index in [1.165, 1.54) is 24.3 Å². The Morgan fingerprint density at radius 3 is 2.44 bits per heavy atom. The quantitative estimate of drug-likeness (QED) is 0.533. The number of aliphatic imine (C=N–C) groups is 1. The van der Waals surface area contributed by atoms with Crippen molar-refractivity contribution >= 4 is 16.0 Å². The molecule has 0 unspecified atom stereocenters. The van der Waals surface area contributed by atoms with Crippen molar-refractivity contribution in [2.24, 2.45) is 10.1 Å². The average molecular weight is 364 g/mol. The number of benzene rings is 2. The lowest BCUT2D eigenvalue weighted by Crippen LogP contribution is -2.37. The second kappa shape index (κ2) is 8.59. The van der Waals surface area contributed by atoms with Crippen molar-refractivity contribution in [1.82, 2.24) is 10.6 Å². The van der Waals surface area contributed by atoms with E-state index in [0.29, 0.717) is 25.5 Å². The van der Waals surface area contributed by atoms with Gasteiger partial charge < -0.3 is 10.6 Å². The molecule has 0 saturated heterocycles. The maximum atomic E-state index is 13.1. The van der Waals surface area contributed by atoms with Gasteiger partial charge in [0.15, 0.2) is 5.96 Å². The van der Waals surface area contributed by atoms with Crippen molar-refractivity contribution in [2.45, 2.75) is 17.9 Å². The van der Waals surface area contributed by atoms with Crippen molar-refractivity contribution in [2.75, 3.05) is 13.6 Å². The Hall–Kier alpha value is -2.45. The van der Waals surface area contributed by atoms with Crippen LogP contribution in [0.1, 0.15) is 11.1 Å². The fourth-order valence-electron chi connectivity index (χ4n) is 2.22. The molecule has 2 rings (SSSR count). The van der Waals surface area contributed by atoms with Gasteiger partial charge in [-0.15, -0.1) is 0 Å². The highest BCUT2D eigenvalue weighted by atomic mass is 32.2. The Morgan fingerprint density at radius 2 is 1.84 bits per heavy atom. The number of nitrogens with one attached hydrogen (secondary N) is 2. The maximum absolute atomic E-state index is 13.1. The molecule has 6 nitrogen and oxygen atoms in total. The van der Waals surface area contributed by atoms with Crippen molar-refractivity contribution in [1.29, 1.82) is 0 Å². The van der Waals surface area contributed by atoms with E-state index in [0.717, 1.165) is 11.1 Å². The van der Waals surface area contributed by atoms with Crippen LogP contribution >= 0.6 is 0 Å². The normalized spacial score (nSPS) is 12.0. The van der Waals surface area contributed by atoms with Gasteiger partial charge in [0.2, 0.25) is 10.0 Å². The Balaban J connectivity index is 1.82. The second-order valence-corrected chi connectivity index (χ2v) is 6.98. The minimum absolute atomic E-state index is 0.0776. The van der Waals surface area contributed by atoms with Gasteiger partial charge in [0.05, 0.1) is 4.90 Å². The first-order valence-corrected chi connectivity index (χ1v) is 9.24. The molecule has 0 bridgehead atoms. The number of primary sulfonamides is 1. The molecular weight excluding hydrogens is 343 g/mol. The summed E-state index contributed by atoms with van der Waals surface area (Å²) in [4.78, 5) is 4.19. The van der Waals surface area contributed by atoms with Crippen LogP contribution in [0.3, 0.4) is 0 Å². The smallest absolute Gasteiger partial charge is 0.238 e. The van der Waals surface area contributed by atoms with E-state index in [1.807, 2.05) is 6.07 Å². The van der Waals surface area contributed by atoms with Crippen LogP contribution in [0.4, 0.5) is 4.39 Å². The van der Waals surface area contributed by atoms with Crippen molar-refractivity contribution < 1.29 is 12.8 Å². The number of nitrogens with two attached hydrogens (primary N) is 1. The Labute approximate surface area is 147 Å². The molecule has 2 aromatic carbocycles. The molecule has 0 aliphatic carbocycles. The summed E-state index contributed by atoms with van der Waals surface area (Å²) >= 11 is 0. The summed E-state index contributed by atoms with van der Waals surface area (Å²) in [6.07, 6.45) is 0.668. The fourth-order valence-corrected chi connectivity index (χ4v) is 2.74. The lowest BCUT2D eigenvalue weighted by Gasteiger charge is -2.12. The van der Waals surface area contributed by atoms with Crippen LogP contribution < -0.4 is 15.8 Å². The zero-order valence-corrected chi connectivity index (χ0v) is 14.7. The van der Waals surface area contributed by atoms with Gasteiger partial charge in [-0.05, 0) is 41.8 Å². The van der Waals surface area contributed by atoms with Crippen LogP contribution in [0.2, 0.25) is 0 Å². The summed E-state index contributed by atoms with van der Waals surface area (Å²) in [5.74, 6) is 0.356. The summed E-state index contributed by atoms with van der Waals surface area (Å²) in [5, 5.41) is 11.3. The number of halogens is 1. The van der Waals surface area contributed by atoms with Crippen LogP contribution in [0.5, 0.6) is 0 Å². The van der Waals surface area contributed by atoms with Gasteiger partial charge in [0.1, 0.15) is 5.82 Å². The molecule has 0 amide bonds. The van der Waals surface area contributed by atoms with Crippen molar-refractivity contribution in [3.05, 3.63) is 65.5 Å². The molecular formula is C17H21FN4O2S. The Bertz CT molecular complexity index is 836. The molecule has 8 heteroatoms. The zero-order chi connectivity index (χ0) is 18.3. The summed E-state index contributed by atoms with van der Waals surface area (Å²) in [6, 6.07) is 12.8. The van der Waals surface area contributed by atoms with E-state index >= 15 is 0 Å².